The van der Waals surface area contributed by atoms with Crippen molar-refractivity contribution in [3.8, 4) is 28.4 Å². The second kappa shape index (κ2) is 11.4. The normalized spacial score (nSPS) is 19.2. The molecule has 1 aliphatic carbocycles. The predicted molar refractivity (Wildman–Crippen MR) is 157 cm³/mol. The Morgan fingerprint density at radius 1 is 0.976 bits per heavy atom. The van der Waals surface area contributed by atoms with Crippen LogP contribution in [0.4, 0.5) is 0 Å². The third kappa shape index (κ3) is 6.08. The van der Waals surface area contributed by atoms with Crippen LogP contribution in [-0.4, -0.2) is 45.7 Å². The van der Waals surface area contributed by atoms with Gasteiger partial charge < -0.3 is 18.9 Å². The summed E-state index contributed by atoms with van der Waals surface area (Å²) in [6.07, 6.45) is 4.39. The molecule has 0 saturated carbocycles. The minimum atomic E-state index is -2.92. The fourth-order valence-electron chi connectivity index (χ4n) is 6.25. The number of esters is 1. The highest BCUT2D eigenvalue weighted by atomic mass is 32.2. The molecule has 0 aromatic heterocycles. The molecular weight excluding hydrogens is 540 g/mol. The van der Waals surface area contributed by atoms with E-state index in [0.717, 1.165) is 47.6 Å². The first-order valence-corrected chi connectivity index (χ1v) is 16.2. The topological polar surface area (TPSA) is 88.1 Å². The number of carbonyl (C=O) groups is 1. The van der Waals surface area contributed by atoms with Crippen LogP contribution < -0.4 is 14.2 Å². The van der Waals surface area contributed by atoms with E-state index in [4.69, 9.17) is 18.9 Å². The second-order valence-electron chi connectivity index (χ2n) is 11.4. The lowest BCUT2D eigenvalue weighted by Gasteiger charge is -2.24. The van der Waals surface area contributed by atoms with E-state index in [0.29, 0.717) is 32.5 Å². The highest BCUT2D eigenvalue weighted by Gasteiger charge is 2.28. The Labute approximate surface area is 241 Å². The Kier molecular flexibility index (Phi) is 7.68. The van der Waals surface area contributed by atoms with Crippen LogP contribution in [0.3, 0.4) is 0 Å². The van der Waals surface area contributed by atoms with E-state index in [1.54, 1.807) is 0 Å². The molecule has 3 aromatic carbocycles. The zero-order valence-corrected chi connectivity index (χ0v) is 24.4. The lowest BCUT2D eigenvalue weighted by atomic mass is 9.91. The molecule has 0 amide bonds. The summed E-state index contributed by atoms with van der Waals surface area (Å²) in [4.78, 5) is 11.7. The smallest absolute Gasteiger partial charge is 0.306 e. The molecule has 1 fully saturated rings. The van der Waals surface area contributed by atoms with Gasteiger partial charge in [0.1, 0.15) is 30.0 Å². The van der Waals surface area contributed by atoms with E-state index in [-0.39, 0.29) is 29.5 Å². The lowest BCUT2D eigenvalue weighted by Crippen LogP contribution is -2.30. The monoisotopic (exact) mass is 576 g/mol. The number of methoxy groups -OCH3 is 1. The van der Waals surface area contributed by atoms with Gasteiger partial charge in [-0.25, -0.2) is 8.42 Å². The summed E-state index contributed by atoms with van der Waals surface area (Å²) in [5.41, 5.74) is 8.39. The summed E-state index contributed by atoms with van der Waals surface area (Å²) in [5, 5.41) is 0. The van der Waals surface area contributed by atoms with Gasteiger partial charge in [0.2, 0.25) is 0 Å². The number of sulfone groups is 1. The van der Waals surface area contributed by atoms with Crippen molar-refractivity contribution in [2.24, 2.45) is 0 Å². The molecule has 1 atom stereocenters. The summed E-state index contributed by atoms with van der Waals surface area (Å²) in [6, 6.07) is 16.7. The number of carbonyl (C=O) groups excluding carboxylic acids is 1. The van der Waals surface area contributed by atoms with Crippen LogP contribution in [0.25, 0.3) is 11.1 Å². The van der Waals surface area contributed by atoms with E-state index in [9.17, 15) is 13.2 Å². The number of hydrogen-bond donors (Lipinski definition) is 0. The van der Waals surface area contributed by atoms with Crippen LogP contribution in [0.15, 0.2) is 48.5 Å². The minimum Gasteiger partial charge on any atom is -0.492 e. The van der Waals surface area contributed by atoms with Gasteiger partial charge in [0.15, 0.2) is 9.84 Å². The van der Waals surface area contributed by atoms with Crippen molar-refractivity contribution in [1.29, 1.82) is 0 Å². The van der Waals surface area contributed by atoms with Crippen LogP contribution in [0.2, 0.25) is 0 Å². The van der Waals surface area contributed by atoms with E-state index in [2.05, 4.69) is 37.3 Å². The summed E-state index contributed by atoms with van der Waals surface area (Å²) in [7, 11) is -1.51. The summed E-state index contributed by atoms with van der Waals surface area (Å²) < 4.78 is 46.7. The SMILES string of the molecule is COC(=O)C[C@@H]1COc2cc(OCc3ccc4c(c3)-c3c(C)cc(OC5CCS(=O)(=O)CC5)cc3CCC4)ccc21. The molecule has 7 nitrogen and oxygen atoms in total. The van der Waals surface area contributed by atoms with Gasteiger partial charge in [0.25, 0.3) is 0 Å². The molecular formula is C33H36O7S. The molecule has 216 valence electrons. The van der Waals surface area contributed by atoms with Gasteiger partial charge in [-0.2, -0.15) is 0 Å². The second-order valence-corrected chi connectivity index (χ2v) is 13.7. The molecule has 3 aromatic rings. The maximum Gasteiger partial charge on any atom is 0.306 e. The lowest BCUT2D eigenvalue weighted by molar-refractivity contribution is -0.141. The van der Waals surface area contributed by atoms with Gasteiger partial charge in [-0.05, 0) is 96.7 Å². The molecule has 0 bridgehead atoms. The van der Waals surface area contributed by atoms with Crippen molar-refractivity contribution in [2.75, 3.05) is 25.2 Å². The Balaban J connectivity index is 1.18. The molecule has 1 saturated heterocycles. The fraction of sp³-hybridized carbons (Fsp3) is 0.424. The number of fused-ring (bicyclic) bond motifs is 4. The van der Waals surface area contributed by atoms with Gasteiger partial charge in [-0.1, -0.05) is 18.2 Å². The molecule has 8 heteroatoms. The van der Waals surface area contributed by atoms with Gasteiger partial charge in [-0.3, -0.25) is 4.79 Å². The van der Waals surface area contributed by atoms with Crippen LogP contribution in [-0.2, 0) is 38.8 Å². The molecule has 0 N–H and O–H groups in total. The van der Waals surface area contributed by atoms with Crippen LogP contribution in [0.5, 0.6) is 17.2 Å². The first kappa shape index (κ1) is 27.6. The minimum absolute atomic E-state index is 0.00381. The summed E-state index contributed by atoms with van der Waals surface area (Å²) >= 11 is 0. The molecule has 0 spiro atoms. The molecule has 3 aliphatic rings. The molecule has 0 radical (unpaired) electrons. The first-order valence-electron chi connectivity index (χ1n) is 14.4. The van der Waals surface area contributed by atoms with E-state index in [1.165, 1.54) is 34.9 Å². The van der Waals surface area contributed by atoms with Gasteiger partial charge in [0, 0.05) is 17.5 Å². The number of rotatable bonds is 7. The Morgan fingerprint density at radius 2 is 1.78 bits per heavy atom. The zero-order valence-electron chi connectivity index (χ0n) is 23.6. The standard InChI is InChI=1S/C33H36O7S/c1-21-14-28(40-26-10-12-41(35,36)13-11-26)16-24-5-3-4-23-7-6-22(15-30(23)33(21)24)19-38-27-8-9-29-25(17-32(34)37-2)20-39-31(29)18-27/h6-9,14-16,18,25-26H,3-5,10-13,17,19-20H2,1-2H3/t25-/m1/s1. The van der Waals surface area contributed by atoms with E-state index >= 15 is 0 Å². The maximum absolute atomic E-state index is 11.8. The molecule has 41 heavy (non-hydrogen) atoms. The van der Waals surface area contributed by atoms with Crippen LogP contribution in [0.1, 0.15) is 59.4 Å². The summed E-state index contributed by atoms with van der Waals surface area (Å²) in [6.45, 7) is 3.03. The predicted octanol–water partition coefficient (Wildman–Crippen LogP) is 5.72. The Morgan fingerprint density at radius 3 is 2.59 bits per heavy atom. The maximum atomic E-state index is 11.8. The number of benzene rings is 3. The van der Waals surface area contributed by atoms with Crippen molar-refractivity contribution >= 4 is 15.8 Å². The summed E-state index contributed by atoms with van der Waals surface area (Å²) in [5.74, 6) is 2.49. The third-order valence-corrected chi connectivity index (χ3v) is 10.2. The first-order chi connectivity index (χ1) is 19.8. The largest absolute Gasteiger partial charge is 0.492 e. The highest BCUT2D eigenvalue weighted by Crippen LogP contribution is 2.40. The molecule has 2 heterocycles. The molecule has 6 rings (SSSR count). The fourth-order valence-corrected chi connectivity index (χ4v) is 7.70. The average molecular weight is 577 g/mol. The van der Waals surface area contributed by atoms with E-state index in [1.807, 2.05) is 18.2 Å². The van der Waals surface area contributed by atoms with Gasteiger partial charge in [0.05, 0.1) is 31.6 Å². The number of aryl methyl sites for hydroxylation is 3. The quantitative estimate of drug-likeness (QED) is 0.332. The third-order valence-electron chi connectivity index (χ3n) is 8.44. The van der Waals surface area contributed by atoms with Crippen molar-refractivity contribution < 1.29 is 32.2 Å². The van der Waals surface area contributed by atoms with Crippen LogP contribution in [0, 0.1) is 6.92 Å². The average Bonchev–Trinajstić information content (AvgIpc) is 3.25. The highest BCUT2D eigenvalue weighted by molar-refractivity contribution is 7.91. The van der Waals surface area contributed by atoms with Crippen molar-refractivity contribution in [3.05, 3.63) is 76.3 Å². The van der Waals surface area contributed by atoms with E-state index < -0.39 is 9.84 Å². The Hall–Kier alpha value is -3.52. The van der Waals surface area contributed by atoms with Crippen molar-refractivity contribution in [3.63, 3.8) is 0 Å². The molecule has 0 unspecified atom stereocenters. The van der Waals surface area contributed by atoms with Crippen molar-refractivity contribution in [2.45, 2.75) is 64.1 Å². The zero-order chi connectivity index (χ0) is 28.6. The Bertz CT molecular complexity index is 1560. The van der Waals surface area contributed by atoms with Crippen molar-refractivity contribution in [1.82, 2.24) is 0 Å². The van der Waals surface area contributed by atoms with Crippen LogP contribution >= 0.6 is 0 Å². The van der Waals surface area contributed by atoms with Gasteiger partial charge >= 0.3 is 5.97 Å². The number of ether oxygens (including phenoxy) is 4. The number of hydrogen-bond acceptors (Lipinski definition) is 7. The van der Waals surface area contributed by atoms with Gasteiger partial charge in [-0.15, -0.1) is 0 Å². The molecule has 2 aliphatic heterocycles.